The van der Waals surface area contributed by atoms with E-state index in [9.17, 15) is 19.2 Å². The molecule has 5 rings (SSSR count). The number of nitrogens with one attached hydrogen (secondary N) is 1. The molecule has 2 bridgehead atoms. The predicted molar refractivity (Wildman–Crippen MR) is 103 cm³/mol. The number of fused-ring (bicyclic) bond motifs is 9. The summed E-state index contributed by atoms with van der Waals surface area (Å²) in [7, 11) is 0. The van der Waals surface area contributed by atoms with E-state index >= 15 is 0 Å². The molecule has 28 heavy (non-hydrogen) atoms. The summed E-state index contributed by atoms with van der Waals surface area (Å²) in [5.74, 6) is -1.22. The van der Waals surface area contributed by atoms with Crippen LogP contribution in [0.4, 0.5) is 0 Å². The molecule has 2 aliphatic carbocycles. The van der Waals surface area contributed by atoms with Gasteiger partial charge in [0.05, 0.1) is 23.5 Å². The van der Waals surface area contributed by atoms with Gasteiger partial charge in [-0.2, -0.15) is 0 Å². The molecular formula is C19H22N2O5S2. The van der Waals surface area contributed by atoms with Gasteiger partial charge < -0.3 is 9.72 Å². The van der Waals surface area contributed by atoms with Gasteiger partial charge in [0.25, 0.3) is 0 Å². The first-order valence-electron chi connectivity index (χ1n) is 9.66. The molecular weight excluding hydrogens is 400 g/mol. The average molecular weight is 423 g/mol. The van der Waals surface area contributed by atoms with Crippen LogP contribution in [0.2, 0.25) is 0 Å². The zero-order valence-electron chi connectivity index (χ0n) is 15.9. The third-order valence-electron chi connectivity index (χ3n) is 7.07. The molecule has 150 valence electrons. The number of carbonyl (C=O) groups excluding carboxylic acids is 3. The Labute approximate surface area is 170 Å². The maximum Gasteiger partial charge on any atom is 0.326 e. The SMILES string of the molecule is CCOC(=O)CN1C(=O)[C@@H]2[C@H]3C[C@@H]([C@H]4Sc5[nH]c(=O)sc5C(C)(C)[C@H]34)[C@H]2C1=O. The van der Waals surface area contributed by atoms with Crippen molar-refractivity contribution in [3.8, 4) is 0 Å². The van der Waals surface area contributed by atoms with Crippen molar-refractivity contribution in [3.05, 3.63) is 14.5 Å². The van der Waals surface area contributed by atoms with Crippen molar-refractivity contribution in [2.45, 2.75) is 42.9 Å². The van der Waals surface area contributed by atoms with E-state index in [1.165, 1.54) is 11.3 Å². The van der Waals surface area contributed by atoms with Crippen LogP contribution in [0.15, 0.2) is 9.82 Å². The van der Waals surface area contributed by atoms with Gasteiger partial charge in [-0.05, 0) is 31.1 Å². The van der Waals surface area contributed by atoms with Crippen LogP contribution < -0.4 is 4.87 Å². The van der Waals surface area contributed by atoms with Crippen LogP contribution in [-0.2, 0) is 24.5 Å². The van der Waals surface area contributed by atoms with Crippen molar-refractivity contribution in [3.63, 3.8) is 0 Å². The smallest absolute Gasteiger partial charge is 0.326 e. The second-order valence-corrected chi connectivity index (χ2v) is 10.9. The van der Waals surface area contributed by atoms with Gasteiger partial charge in [0.1, 0.15) is 6.54 Å². The highest BCUT2D eigenvalue weighted by molar-refractivity contribution is 8.00. The number of amides is 2. The summed E-state index contributed by atoms with van der Waals surface area (Å²) in [6.07, 6.45) is 0.866. The molecule has 2 aliphatic heterocycles. The van der Waals surface area contributed by atoms with E-state index in [1.807, 2.05) is 0 Å². The van der Waals surface area contributed by atoms with Gasteiger partial charge in [0.15, 0.2) is 0 Å². The Morgan fingerprint density at radius 3 is 2.57 bits per heavy atom. The summed E-state index contributed by atoms with van der Waals surface area (Å²) in [5.41, 5.74) is -0.225. The van der Waals surface area contributed by atoms with Crippen LogP contribution in [-0.4, -0.2) is 46.1 Å². The Kier molecular flexibility index (Phi) is 3.91. The van der Waals surface area contributed by atoms with Gasteiger partial charge in [-0.3, -0.25) is 24.1 Å². The maximum absolute atomic E-state index is 13.1. The molecule has 3 fully saturated rings. The number of hydrogen-bond acceptors (Lipinski definition) is 7. The van der Waals surface area contributed by atoms with E-state index in [-0.39, 0.29) is 70.1 Å². The first-order valence-corrected chi connectivity index (χ1v) is 11.4. The number of likely N-dealkylation sites (tertiary alicyclic amines) is 1. The lowest BCUT2D eigenvalue weighted by Gasteiger charge is -2.47. The fourth-order valence-electron chi connectivity index (χ4n) is 6.21. The molecule has 2 amide bonds. The Hall–Kier alpha value is -1.61. The highest BCUT2D eigenvalue weighted by Crippen LogP contribution is 2.68. The van der Waals surface area contributed by atoms with E-state index in [1.54, 1.807) is 18.7 Å². The zero-order valence-corrected chi connectivity index (χ0v) is 17.5. The lowest BCUT2D eigenvalue weighted by molar-refractivity contribution is -0.153. The Balaban J connectivity index is 1.49. The zero-order chi connectivity index (χ0) is 20.0. The molecule has 6 atom stereocenters. The predicted octanol–water partition coefficient (Wildman–Crippen LogP) is 1.62. The molecule has 2 saturated carbocycles. The second kappa shape index (κ2) is 5.95. The molecule has 0 spiro atoms. The topological polar surface area (TPSA) is 96.5 Å². The van der Waals surface area contributed by atoms with Gasteiger partial charge >= 0.3 is 10.8 Å². The number of nitrogens with zero attached hydrogens (tertiary/aromatic N) is 1. The molecule has 4 aliphatic rings. The van der Waals surface area contributed by atoms with Crippen LogP contribution >= 0.6 is 23.1 Å². The largest absolute Gasteiger partial charge is 0.465 e. The van der Waals surface area contributed by atoms with Gasteiger partial charge in [0, 0.05) is 15.5 Å². The van der Waals surface area contributed by atoms with Crippen molar-refractivity contribution in [2.75, 3.05) is 13.2 Å². The number of carbonyl (C=O) groups is 3. The fraction of sp³-hybridized carbons (Fsp3) is 0.684. The van der Waals surface area contributed by atoms with E-state index in [4.69, 9.17) is 4.74 Å². The van der Waals surface area contributed by atoms with E-state index in [0.29, 0.717) is 0 Å². The number of thiazole rings is 1. The second-order valence-electron chi connectivity index (χ2n) is 8.69. The number of imide groups is 1. The highest BCUT2D eigenvalue weighted by Gasteiger charge is 2.70. The Morgan fingerprint density at radius 1 is 1.21 bits per heavy atom. The van der Waals surface area contributed by atoms with Crippen molar-refractivity contribution >= 4 is 40.9 Å². The fourth-order valence-corrected chi connectivity index (χ4v) is 9.36. The van der Waals surface area contributed by atoms with Crippen LogP contribution in [0.1, 0.15) is 32.1 Å². The van der Waals surface area contributed by atoms with Crippen molar-refractivity contribution < 1.29 is 19.1 Å². The first-order chi connectivity index (χ1) is 13.3. The summed E-state index contributed by atoms with van der Waals surface area (Å²) in [6, 6.07) is 0. The lowest BCUT2D eigenvalue weighted by Crippen LogP contribution is -2.48. The summed E-state index contributed by atoms with van der Waals surface area (Å²) < 4.78 is 4.94. The van der Waals surface area contributed by atoms with E-state index < -0.39 is 5.97 Å². The van der Waals surface area contributed by atoms with Gasteiger partial charge in [-0.25, -0.2) is 0 Å². The molecule has 3 heterocycles. The van der Waals surface area contributed by atoms with Crippen molar-refractivity contribution in [2.24, 2.45) is 29.6 Å². The minimum atomic E-state index is -0.539. The Morgan fingerprint density at radius 2 is 1.89 bits per heavy atom. The van der Waals surface area contributed by atoms with Crippen LogP contribution in [0, 0.1) is 29.6 Å². The third kappa shape index (κ3) is 2.23. The Bertz CT molecular complexity index is 950. The van der Waals surface area contributed by atoms with Gasteiger partial charge in [-0.1, -0.05) is 25.2 Å². The summed E-state index contributed by atoms with van der Waals surface area (Å²) >= 11 is 2.93. The molecule has 1 aromatic rings. The summed E-state index contributed by atoms with van der Waals surface area (Å²) in [4.78, 5) is 55.1. The maximum atomic E-state index is 13.1. The van der Waals surface area contributed by atoms with Crippen molar-refractivity contribution in [1.29, 1.82) is 0 Å². The number of esters is 1. The van der Waals surface area contributed by atoms with Crippen LogP contribution in [0.25, 0.3) is 0 Å². The van der Waals surface area contributed by atoms with E-state index in [0.717, 1.165) is 21.2 Å². The number of aromatic nitrogens is 1. The quantitative estimate of drug-likeness (QED) is 0.587. The number of thioether (sulfide) groups is 1. The number of H-pyrrole nitrogens is 1. The molecule has 7 nitrogen and oxygen atoms in total. The molecule has 9 heteroatoms. The third-order valence-corrected chi connectivity index (χ3v) is 9.88. The molecule has 1 N–H and O–H groups in total. The number of rotatable bonds is 3. The van der Waals surface area contributed by atoms with Crippen LogP contribution in [0.5, 0.6) is 0 Å². The molecule has 0 radical (unpaired) electrons. The number of hydrogen-bond donors (Lipinski definition) is 1. The minimum absolute atomic E-state index is 0.0501. The van der Waals surface area contributed by atoms with Crippen LogP contribution in [0.3, 0.4) is 0 Å². The number of ether oxygens (including phenoxy) is 1. The molecule has 1 aromatic heterocycles. The molecule has 0 unspecified atom stereocenters. The van der Waals surface area contributed by atoms with Gasteiger partial charge in [0.2, 0.25) is 11.8 Å². The molecule has 1 saturated heterocycles. The molecule has 0 aromatic carbocycles. The average Bonchev–Trinajstić information content (AvgIpc) is 3.33. The standard InChI is InChI=1S/C19H22N2O5S2/c1-4-26-9(22)6-21-16(23)10-7-5-8(11(10)17(21)24)13-12(7)19(2,3)14-15(27-13)20-18(25)28-14/h7-8,10-13H,4-6H2,1-3H3,(H,20,25)/t7-,8-,10-,11-,12-,13-/m1/s1. The number of aromatic amines is 1. The van der Waals surface area contributed by atoms with E-state index in [2.05, 4.69) is 18.8 Å². The van der Waals surface area contributed by atoms with Crippen molar-refractivity contribution in [1.82, 2.24) is 9.88 Å². The first kappa shape index (κ1) is 18.4. The lowest BCUT2D eigenvalue weighted by atomic mass is 9.64. The summed E-state index contributed by atoms with van der Waals surface area (Å²) in [5, 5.41) is 1.13. The summed E-state index contributed by atoms with van der Waals surface area (Å²) in [6.45, 7) is 5.95. The minimum Gasteiger partial charge on any atom is -0.465 e. The normalized spacial score (nSPS) is 37.0. The monoisotopic (exact) mass is 422 g/mol. The van der Waals surface area contributed by atoms with Gasteiger partial charge in [-0.15, -0.1) is 11.8 Å². The highest BCUT2D eigenvalue weighted by atomic mass is 32.2.